The number of allylic oxidation sites excluding steroid dienone is 21. The van der Waals surface area contributed by atoms with E-state index in [0.29, 0.717) is 17.4 Å². The molecule has 0 aliphatic rings. The molecule has 0 aromatic heterocycles. The number of nitrogens with zero attached hydrogens (tertiary/aromatic N) is 1. The lowest BCUT2D eigenvalue weighted by Gasteiger charge is -2.27. The number of ether oxygens (including phenoxy) is 1. The van der Waals surface area contributed by atoms with Crippen molar-refractivity contribution in [3.63, 3.8) is 0 Å². The van der Waals surface area contributed by atoms with Gasteiger partial charge in [0.1, 0.15) is 19.3 Å². The van der Waals surface area contributed by atoms with Crippen LogP contribution in [0.25, 0.3) is 0 Å². The summed E-state index contributed by atoms with van der Waals surface area (Å²) in [6.07, 6.45) is 96.0. The second-order valence-electron chi connectivity index (χ2n) is 25.3. The number of rotatable bonds is 65. The van der Waals surface area contributed by atoms with Crippen LogP contribution in [0, 0.1) is 0 Å². The Bertz CT molecular complexity index is 1990. The summed E-state index contributed by atoms with van der Waals surface area (Å²) in [6, 6.07) is -0.866. The van der Waals surface area contributed by atoms with E-state index in [1.807, 2.05) is 33.3 Å². The Labute approximate surface area is 549 Å². The number of hydrogen-bond donors (Lipinski definition) is 2. The molecule has 10 heteroatoms. The monoisotopic (exact) mass is 1260 g/mol. The minimum atomic E-state index is -4.47. The molecule has 9 nitrogen and oxygen atoms in total. The molecule has 0 aliphatic carbocycles. The van der Waals surface area contributed by atoms with Gasteiger partial charge >= 0.3 is 13.8 Å². The summed E-state index contributed by atoms with van der Waals surface area (Å²) in [6.45, 7) is 6.79. The lowest BCUT2D eigenvalue weighted by atomic mass is 10.0. The topological polar surface area (TPSA) is 111 Å². The molecule has 89 heavy (non-hydrogen) atoms. The van der Waals surface area contributed by atoms with Crippen molar-refractivity contribution in [3.8, 4) is 0 Å². The number of carbonyl (C=O) groups excluding carboxylic acids is 2. The van der Waals surface area contributed by atoms with Crippen molar-refractivity contribution in [1.82, 2.24) is 5.32 Å². The van der Waals surface area contributed by atoms with Crippen molar-refractivity contribution in [3.05, 3.63) is 134 Å². The summed E-state index contributed by atoms with van der Waals surface area (Å²) in [5.41, 5.74) is 0. The maximum Gasteiger partial charge on any atom is 0.472 e. The summed E-state index contributed by atoms with van der Waals surface area (Å²) in [5.74, 6) is -0.523. The van der Waals surface area contributed by atoms with E-state index >= 15 is 0 Å². The Morgan fingerprint density at radius 1 is 0.404 bits per heavy atom. The van der Waals surface area contributed by atoms with E-state index in [4.69, 9.17) is 13.8 Å². The molecule has 0 aromatic rings. The largest absolute Gasteiger partial charge is 0.472 e. The third-order valence-electron chi connectivity index (χ3n) is 15.6. The second-order valence-corrected chi connectivity index (χ2v) is 26.8. The summed E-state index contributed by atoms with van der Waals surface area (Å²) >= 11 is 0. The molecule has 0 rings (SSSR count). The van der Waals surface area contributed by atoms with Crippen LogP contribution in [0.3, 0.4) is 0 Å². The fourth-order valence-electron chi connectivity index (χ4n) is 10.1. The normalized spacial score (nSPS) is 14.3. The van der Waals surface area contributed by atoms with Crippen molar-refractivity contribution in [1.29, 1.82) is 0 Å². The summed E-state index contributed by atoms with van der Waals surface area (Å²) in [5, 5.41) is 3.07. The highest BCUT2D eigenvalue weighted by Gasteiger charge is 2.30. The maximum atomic E-state index is 13.6. The van der Waals surface area contributed by atoms with Gasteiger partial charge in [-0.15, -0.1) is 0 Å². The molecule has 0 aliphatic heterocycles. The molecule has 0 bridgehead atoms. The Kier molecular flexibility index (Phi) is 64.2. The number of esters is 1. The molecule has 0 saturated carbocycles. The SMILES string of the molecule is CC/C=C\C/C=C\C/C=C\C/C=C\C/C=C\CCCCCCCCCCCCCC(=O)NC(COP(=O)(O)OCC[N+](C)(C)C)C(/C=C\CCCCCCCCCCCCC)OC(=O)CCCCCCCCC/C=C\C/C=C\C/C=C\C/C=C\C/C=C\CC. The van der Waals surface area contributed by atoms with Gasteiger partial charge in [0.05, 0.1) is 33.8 Å². The van der Waals surface area contributed by atoms with E-state index in [2.05, 4.69) is 148 Å². The lowest BCUT2D eigenvalue weighted by molar-refractivity contribution is -0.870. The molecular formula is C79H138N2O7P+. The van der Waals surface area contributed by atoms with Gasteiger partial charge in [0.25, 0.3) is 0 Å². The van der Waals surface area contributed by atoms with Gasteiger partial charge in [0.15, 0.2) is 0 Å². The Balaban J connectivity index is 5.11. The fraction of sp³-hybridized carbons (Fsp3) is 0.696. The van der Waals surface area contributed by atoms with Crippen molar-refractivity contribution >= 4 is 19.7 Å². The summed E-state index contributed by atoms with van der Waals surface area (Å²) < 4.78 is 30.9. The molecule has 0 fully saturated rings. The van der Waals surface area contributed by atoms with Crippen LogP contribution in [-0.4, -0.2) is 74.3 Å². The van der Waals surface area contributed by atoms with Crippen molar-refractivity contribution < 1.29 is 37.3 Å². The predicted molar refractivity (Wildman–Crippen MR) is 387 cm³/mol. The first kappa shape index (κ1) is 85.2. The minimum Gasteiger partial charge on any atom is -0.456 e. The quantitative estimate of drug-likeness (QED) is 0.0205. The lowest BCUT2D eigenvalue weighted by Crippen LogP contribution is -2.47. The highest BCUT2D eigenvalue weighted by atomic mass is 31.2. The Morgan fingerprint density at radius 2 is 0.719 bits per heavy atom. The van der Waals surface area contributed by atoms with Gasteiger partial charge in [-0.1, -0.05) is 302 Å². The number of phosphoric ester groups is 1. The molecule has 0 radical (unpaired) electrons. The molecule has 0 saturated heterocycles. The number of phosphoric acid groups is 1. The molecule has 1 amide bonds. The van der Waals surface area contributed by atoms with Crippen molar-refractivity contribution in [2.45, 2.75) is 315 Å². The Hall–Kier alpha value is -3.85. The third kappa shape index (κ3) is 68.4. The van der Waals surface area contributed by atoms with Crippen LogP contribution in [0.2, 0.25) is 0 Å². The van der Waals surface area contributed by atoms with Crippen LogP contribution in [0.4, 0.5) is 0 Å². The average molecular weight is 1260 g/mol. The van der Waals surface area contributed by atoms with E-state index in [0.717, 1.165) is 148 Å². The molecule has 0 spiro atoms. The third-order valence-corrected chi connectivity index (χ3v) is 16.6. The highest BCUT2D eigenvalue weighted by Crippen LogP contribution is 2.43. The van der Waals surface area contributed by atoms with Gasteiger partial charge in [-0.2, -0.15) is 0 Å². The van der Waals surface area contributed by atoms with E-state index in [1.54, 1.807) is 0 Å². The van der Waals surface area contributed by atoms with Gasteiger partial charge in [-0.05, 0) is 122 Å². The first-order chi connectivity index (χ1) is 43.4. The number of quaternary nitrogens is 1. The predicted octanol–water partition coefficient (Wildman–Crippen LogP) is 23.6. The standard InChI is InChI=1S/C79H137N2O7P/c1-7-10-13-16-19-22-25-28-30-32-34-36-38-39-40-41-43-44-46-48-50-53-56-59-62-65-68-71-78(82)80-76(75-87-89(84,85)86-74-73-81(4,5)6)77(70-67-64-61-58-55-52-27-24-21-18-15-12-9-3)88-79(83)72-69-66-63-60-57-54-51-49-47-45-42-37-35-33-31-29-26-23-20-17-14-11-8-2/h10-11,13-14,19-20,22-23,28-31,34-37,39-40,45,47,67,70,76-77H,7-9,12,15-18,21,24-27,32-33,38,41-44,46,48-66,68-69,71-75H2,1-6H3,(H-,80,82,84,85)/p+1/b13-10-,14-11-,22-19-,23-20-,30-28-,31-29-,36-34-,37-35-,40-39-,47-45-,70-67-. The molecule has 3 atom stereocenters. The zero-order valence-electron chi connectivity index (χ0n) is 58.4. The fourth-order valence-corrected chi connectivity index (χ4v) is 10.8. The smallest absolute Gasteiger partial charge is 0.456 e. The van der Waals surface area contributed by atoms with E-state index in [1.165, 1.54) is 122 Å². The number of nitrogens with one attached hydrogen (secondary N) is 1. The molecule has 0 aromatic carbocycles. The first-order valence-electron chi connectivity index (χ1n) is 36.5. The van der Waals surface area contributed by atoms with Crippen LogP contribution >= 0.6 is 7.82 Å². The van der Waals surface area contributed by atoms with Crippen LogP contribution < -0.4 is 5.32 Å². The van der Waals surface area contributed by atoms with Gasteiger partial charge in [-0.3, -0.25) is 18.6 Å². The van der Waals surface area contributed by atoms with Crippen molar-refractivity contribution in [2.24, 2.45) is 0 Å². The molecule has 3 unspecified atom stereocenters. The van der Waals surface area contributed by atoms with Crippen LogP contribution in [0.5, 0.6) is 0 Å². The average Bonchev–Trinajstić information content (AvgIpc) is 3.65. The van der Waals surface area contributed by atoms with Crippen LogP contribution in [0.15, 0.2) is 134 Å². The molecular weight excluding hydrogens is 1120 g/mol. The number of unbranched alkanes of at least 4 members (excludes halogenated alkanes) is 29. The van der Waals surface area contributed by atoms with Crippen LogP contribution in [0.1, 0.15) is 303 Å². The highest BCUT2D eigenvalue weighted by molar-refractivity contribution is 7.47. The number of likely N-dealkylation sites (N-methyl/N-ethyl adjacent to an activating group) is 1. The van der Waals surface area contributed by atoms with E-state index in [-0.39, 0.29) is 31.5 Å². The summed E-state index contributed by atoms with van der Waals surface area (Å²) in [7, 11) is 1.47. The zero-order valence-corrected chi connectivity index (χ0v) is 59.3. The number of carbonyl (C=O) groups is 2. The second kappa shape index (κ2) is 67.1. The van der Waals surface area contributed by atoms with Gasteiger partial charge in [0, 0.05) is 12.8 Å². The van der Waals surface area contributed by atoms with E-state index < -0.39 is 20.0 Å². The Morgan fingerprint density at radius 3 is 1.08 bits per heavy atom. The van der Waals surface area contributed by atoms with Crippen molar-refractivity contribution in [2.75, 3.05) is 40.9 Å². The summed E-state index contributed by atoms with van der Waals surface area (Å²) in [4.78, 5) is 38.0. The van der Waals surface area contributed by atoms with Gasteiger partial charge in [-0.25, -0.2) is 4.57 Å². The van der Waals surface area contributed by atoms with Crippen LogP contribution in [-0.2, 0) is 27.9 Å². The number of amides is 1. The maximum absolute atomic E-state index is 13.6. The van der Waals surface area contributed by atoms with Gasteiger partial charge < -0.3 is 19.4 Å². The molecule has 2 N–H and O–H groups in total. The van der Waals surface area contributed by atoms with E-state index in [9.17, 15) is 19.0 Å². The number of hydrogen-bond acceptors (Lipinski definition) is 6. The van der Waals surface area contributed by atoms with Gasteiger partial charge in [0.2, 0.25) is 5.91 Å². The molecule has 510 valence electrons. The first-order valence-corrected chi connectivity index (χ1v) is 38.0. The molecule has 0 heterocycles. The minimum absolute atomic E-state index is 0.0314. The zero-order chi connectivity index (χ0) is 64.9.